The predicted molar refractivity (Wildman–Crippen MR) is 64.7 cm³/mol. The molecule has 90 valence electrons. The number of nitrogens with zero attached hydrogens (tertiary/aromatic N) is 3. The highest BCUT2D eigenvalue weighted by atomic mass is 16.1. The molecule has 1 heterocycles. The molecule has 1 rings (SSSR count). The molecule has 0 saturated carbocycles. The Morgan fingerprint density at radius 1 is 1.71 bits per heavy atom. The van der Waals surface area contributed by atoms with Crippen LogP contribution in [0.3, 0.4) is 0 Å². The van der Waals surface area contributed by atoms with Gasteiger partial charge in [-0.1, -0.05) is 13.3 Å². The van der Waals surface area contributed by atoms with Gasteiger partial charge in [0.25, 0.3) is 5.91 Å². The van der Waals surface area contributed by atoms with Crippen LogP contribution in [0.2, 0.25) is 0 Å². The molecule has 0 aliphatic carbocycles. The molecule has 0 fully saturated rings. The van der Waals surface area contributed by atoms with E-state index in [0.29, 0.717) is 6.54 Å². The molecule has 5 nitrogen and oxygen atoms in total. The van der Waals surface area contributed by atoms with Gasteiger partial charge < -0.3 is 5.32 Å². The molecule has 0 spiro atoms. The molecule has 0 radical (unpaired) electrons. The molecule has 1 aromatic heterocycles. The number of carbonyl (C=O) groups excluding carboxylic acids is 1. The van der Waals surface area contributed by atoms with Crippen molar-refractivity contribution in [3.05, 3.63) is 23.5 Å². The van der Waals surface area contributed by atoms with E-state index in [1.54, 1.807) is 24.1 Å². The van der Waals surface area contributed by atoms with Gasteiger partial charge in [-0.3, -0.25) is 9.48 Å². The fourth-order valence-electron chi connectivity index (χ4n) is 1.30. The summed E-state index contributed by atoms with van der Waals surface area (Å²) in [5.41, 5.74) is 0.851. The lowest BCUT2D eigenvalue weighted by Crippen LogP contribution is -2.25. The van der Waals surface area contributed by atoms with E-state index in [-0.39, 0.29) is 11.5 Å². The molecule has 0 aliphatic heterocycles. The van der Waals surface area contributed by atoms with Gasteiger partial charge in [-0.25, -0.2) is 0 Å². The summed E-state index contributed by atoms with van der Waals surface area (Å²) >= 11 is 0. The van der Waals surface area contributed by atoms with Crippen molar-refractivity contribution in [3.63, 3.8) is 0 Å². The first-order valence-corrected chi connectivity index (χ1v) is 5.56. The van der Waals surface area contributed by atoms with Crippen molar-refractivity contribution < 1.29 is 4.79 Å². The Hall–Kier alpha value is -2.09. The molecule has 17 heavy (non-hydrogen) atoms. The summed E-state index contributed by atoms with van der Waals surface area (Å²) in [4.78, 5) is 11.6. The molecule has 1 amide bonds. The second-order valence-corrected chi connectivity index (χ2v) is 3.73. The van der Waals surface area contributed by atoms with Crippen LogP contribution in [0, 0.1) is 11.3 Å². The number of hydrogen-bond acceptors (Lipinski definition) is 3. The standard InChI is InChI=1S/C12H16N4O/c1-3-4-5-14-12(17)11(7-13)6-10-8-15-16(2)9-10/h6,8-9H,3-5H2,1-2H3,(H,14,17)/b11-6-. The lowest BCUT2D eigenvalue weighted by molar-refractivity contribution is -0.117. The van der Waals surface area contributed by atoms with Gasteiger partial charge in [0, 0.05) is 25.4 Å². The Bertz CT molecular complexity index is 453. The van der Waals surface area contributed by atoms with E-state index in [0.717, 1.165) is 18.4 Å². The van der Waals surface area contributed by atoms with Crippen molar-refractivity contribution in [2.75, 3.05) is 6.54 Å². The van der Waals surface area contributed by atoms with Crippen LogP contribution in [0.1, 0.15) is 25.3 Å². The second kappa shape index (κ2) is 6.48. The summed E-state index contributed by atoms with van der Waals surface area (Å²) in [5.74, 6) is -0.329. The molecule has 1 aromatic rings. The van der Waals surface area contributed by atoms with Gasteiger partial charge >= 0.3 is 0 Å². The van der Waals surface area contributed by atoms with E-state index in [1.165, 1.54) is 6.08 Å². The van der Waals surface area contributed by atoms with Crippen LogP contribution in [-0.4, -0.2) is 22.2 Å². The zero-order valence-electron chi connectivity index (χ0n) is 10.1. The summed E-state index contributed by atoms with van der Waals surface area (Å²) in [7, 11) is 1.78. The van der Waals surface area contributed by atoms with Gasteiger partial charge in [0.1, 0.15) is 11.6 Å². The number of nitriles is 1. The van der Waals surface area contributed by atoms with Crippen LogP contribution in [-0.2, 0) is 11.8 Å². The van der Waals surface area contributed by atoms with Crippen molar-refractivity contribution >= 4 is 12.0 Å². The molecule has 1 N–H and O–H groups in total. The summed E-state index contributed by atoms with van der Waals surface area (Å²) in [6.45, 7) is 2.64. The monoisotopic (exact) mass is 232 g/mol. The number of aryl methyl sites for hydroxylation is 1. The maximum absolute atomic E-state index is 11.6. The van der Waals surface area contributed by atoms with Crippen LogP contribution >= 0.6 is 0 Å². The zero-order chi connectivity index (χ0) is 12.7. The van der Waals surface area contributed by atoms with Crippen LogP contribution < -0.4 is 5.32 Å². The SMILES string of the molecule is CCCCNC(=O)/C(C#N)=C\c1cnn(C)c1. The average molecular weight is 232 g/mol. The quantitative estimate of drug-likeness (QED) is 0.471. The summed E-state index contributed by atoms with van der Waals surface area (Å²) < 4.78 is 1.62. The Morgan fingerprint density at radius 3 is 3.00 bits per heavy atom. The van der Waals surface area contributed by atoms with E-state index in [4.69, 9.17) is 5.26 Å². The molecule has 5 heteroatoms. The molecular weight excluding hydrogens is 216 g/mol. The molecule has 0 saturated heterocycles. The van der Waals surface area contributed by atoms with Crippen LogP contribution in [0.4, 0.5) is 0 Å². The minimum atomic E-state index is -0.329. The van der Waals surface area contributed by atoms with E-state index in [2.05, 4.69) is 10.4 Å². The highest BCUT2D eigenvalue weighted by molar-refractivity contribution is 6.01. The number of rotatable bonds is 5. The maximum Gasteiger partial charge on any atom is 0.261 e. The maximum atomic E-state index is 11.6. The minimum absolute atomic E-state index is 0.106. The van der Waals surface area contributed by atoms with Gasteiger partial charge in [-0.05, 0) is 12.5 Å². The van der Waals surface area contributed by atoms with Crippen molar-refractivity contribution in [3.8, 4) is 6.07 Å². The fourth-order valence-corrected chi connectivity index (χ4v) is 1.30. The van der Waals surface area contributed by atoms with Crippen LogP contribution in [0.25, 0.3) is 6.08 Å². The Balaban J connectivity index is 2.68. The lowest BCUT2D eigenvalue weighted by Gasteiger charge is -2.01. The minimum Gasteiger partial charge on any atom is -0.351 e. The van der Waals surface area contributed by atoms with Gasteiger partial charge in [0.15, 0.2) is 0 Å². The topological polar surface area (TPSA) is 70.7 Å². The Kier molecular flexibility index (Phi) is 4.95. The highest BCUT2D eigenvalue weighted by Crippen LogP contribution is 2.05. The van der Waals surface area contributed by atoms with E-state index in [1.807, 2.05) is 13.0 Å². The van der Waals surface area contributed by atoms with E-state index in [9.17, 15) is 4.79 Å². The number of unbranched alkanes of at least 4 members (excludes halogenated alkanes) is 1. The van der Waals surface area contributed by atoms with Gasteiger partial charge in [0.05, 0.1) is 6.20 Å². The second-order valence-electron chi connectivity index (χ2n) is 3.73. The normalized spacial score (nSPS) is 11.0. The number of amides is 1. The number of hydrogen-bond donors (Lipinski definition) is 1. The predicted octanol–water partition coefficient (Wildman–Crippen LogP) is 1.24. The molecule has 0 aromatic carbocycles. The number of aromatic nitrogens is 2. The third-order valence-corrected chi connectivity index (χ3v) is 2.22. The molecule has 0 bridgehead atoms. The van der Waals surface area contributed by atoms with Crippen molar-refractivity contribution in [1.82, 2.24) is 15.1 Å². The summed E-state index contributed by atoms with van der Waals surface area (Å²) in [6.07, 6.45) is 6.81. The first-order valence-electron chi connectivity index (χ1n) is 5.56. The smallest absolute Gasteiger partial charge is 0.261 e. The Morgan fingerprint density at radius 2 is 2.47 bits per heavy atom. The highest BCUT2D eigenvalue weighted by Gasteiger charge is 2.08. The largest absolute Gasteiger partial charge is 0.351 e. The van der Waals surface area contributed by atoms with Crippen molar-refractivity contribution in [2.24, 2.45) is 7.05 Å². The first kappa shape index (κ1) is 13.0. The zero-order valence-corrected chi connectivity index (χ0v) is 10.1. The van der Waals surface area contributed by atoms with E-state index >= 15 is 0 Å². The third-order valence-electron chi connectivity index (χ3n) is 2.22. The third kappa shape index (κ3) is 4.11. The number of nitrogens with one attached hydrogen (secondary N) is 1. The van der Waals surface area contributed by atoms with E-state index < -0.39 is 0 Å². The van der Waals surface area contributed by atoms with Crippen molar-refractivity contribution in [1.29, 1.82) is 5.26 Å². The lowest BCUT2D eigenvalue weighted by atomic mass is 10.2. The van der Waals surface area contributed by atoms with Crippen molar-refractivity contribution in [2.45, 2.75) is 19.8 Å². The number of carbonyl (C=O) groups is 1. The Labute approximate surface area is 101 Å². The molecular formula is C12H16N4O. The molecule has 0 atom stereocenters. The van der Waals surface area contributed by atoms with Gasteiger partial charge in [-0.15, -0.1) is 0 Å². The van der Waals surface area contributed by atoms with Crippen LogP contribution in [0.15, 0.2) is 18.0 Å². The average Bonchev–Trinajstić information content (AvgIpc) is 2.72. The fraction of sp³-hybridized carbons (Fsp3) is 0.417. The molecule has 0 aliphatic rings. The first-order chi connectivity index (χ1) is 8.17. The summed E-state index contributed by atoms with van der Waals surface area (Å²) in [6, 6.07) is 1.90. The summed E-state index contributed by atoms with van der Waals surface area (Å²) in [5, 5.41) is 15.6. The molecule has 0 unspecified atom stereocenters. The van der Waals surface area contributed by atoms with Gasteiger partial charge in [0.2, 0.25) is 0 Å². The van der Waals surface area contributed by atoms with Gasteiger partial charge in [-0.2, -0.15) is 10.4 Å². The van der Waals surface area contributed by atoms with Crippen LogP contribution in [0.5, 0.6) is 0 Å².